The predicted molar refractivity (Wildman–Crippen MR) is 184 cm³/mol. The van der Waals surface area contributed by atoms with Gasteiger partial charge in [-0.3, -0.25) is 0 Å². The third-order valence-corrected chi connectivity index (χ3v) is 10.2. The normalized spacial score (nSPS) is 19.4. The van der Waals surface area contributed by atoms with Gasteiger partial charge < -0.3 is 29.3 Å². The Hall–Kier alpha value is -4.86. The Morgan fingerprint density at radius 2 is 1.98 bits per heavy atom. The molecule has 13 heteroatoms. The zero-order chi connectivity index (χ0) is 34.1. The zero-order valence-corrected chi connectivity index (χ0v) is 28.1. The molecule has 12 nitrogen and oxygen atoms in total. The number of aromatic carboxylic acids is 1. The third kappa shape index (κ3) is 6.48. The van der Waals surface area contributed by atoms with Crippen LogP contribution in [0.15, 0.2) is 48.7 Å². The lowest BCUT2D eigenvalue weighted by atomic mass is 9.98. The first-order valence-corrected chi connectivity index (χ1v) is 17.1. The van der Waals surface area contributed by atoms with Gasteiger partial charge in [0, 0.05) is 49.4 Å². The number of benzene rings is 2. The number of aromatic nitrogens is 3. The largest absolute Gasteiger partial charge is 0.477 e. The number of fused-ring (bicyclic) bond motifs is 2. The van der Waals surface area contributed by atoms with Gasteiger partial charge in [-0.1, -0.05) is 41.9 Å². The number of pyridine rings is 1. The maximum Gasteiger partial charge on any atom is 0.410 e. The van der Waals surface area contributed by atoms with E-state index in [0.717, 1.165) is 58.2 Å². The van der Waals surface area contributed by atoms with E-state index >= 15 is 0 Å². The first kappa shape index (κ1) is 32.7. The highest BCUT2D eigenvalue weighted by Gasteiger charge is 2.35. The third-order valence-electron chi connectivity index (χ3n) is 9.71. The number of anilines is 2. The Labute approximate surface area is 289 Å². The number of carboxylic acids is 1. The van der Waals surface area contributed by atoms with Crippen molar-refractivity contribution in [1.82, 2.24) is 19.7 Å². The van der Waals surface area contributed by atoms with Crippen LogP contribution in [0.3, 0.4) is 0 Å². The molecular formula is C36H38ClN7O5. The molecule has 0 saturated carbocycles. The molecule has 2 aromatic heterocycles. The van der Waals surface area contributed by atoms with Crippen LogP contribution in [-0.4, -0.2) is 75.7 Å². The van der Waals surface area contributed by atoms with Crippen LogP contribution in [0, 0.1) is 18.3 Å². The molecule has 0 spiro atoms. The van der Waals surface area contributed by atoms with Gasteiger partial charge in [-0.2, -0.15) is 10.4 Å². The SMILES string of the molecule is Cc1cc2c(cnn2C2CCCCO2)c(N2CCc3c(N4CCN(C(=O)OCc5ccccc5)[C@@H](CC#N)C4)cc(C(=O)O)nc3C2)c1Cl. The topological polar surface area (TPSA) is 137 Å². The maximum absolute atomic E-state index is 13.1. The van der Waals surface area contributed by atoms with Crippen LogP contribution in [0.25, 0.3) is 10.9 Å². The molecule has 254 valence electrons. The predicted octanol–water partition coefficient (Wildman–Crippen LogP) is 6.09. The molecule has 5 heterocycles. The van der Waals surface area contributed by atoms with Crippen LogP contribution in [0.2, 0.25) is 5.02 Å². The van der Waals surface area contributed by atoms with Gasteiger partial charge in [0.15, 0.2) is 11.9 Å². The number of carbonyl (C=O) groups is 2. The molecule has 2 saturated heterocycles. The van der Waals surface area contributed by atoms with Gasteiger partial charge >= 0.3 is 12.1 Å². The molecular weight excluding hydrogens is 646 g/mol. The monoisotopic (exact) mass is 683 g/mol. The van der Waals surface area contributed by atoms with Gasteiger partial charge in [0.25, 0.3) is 0 Å². The number of carbonyl (C=O) groups excluding carboxylic acids is 1. The van der Waals surface area contributed by atoms with Crippen molar-refractivity contribution < 1.29 is 24.2 Å². The van der Waals surface area contributed by atoms with Gasteiger partial charge in [0.05, 0.1) is 53.2 Å². The fourth-order valence-corrected chi connectivity index (χ4v) is 7.50. The van der Waals surface area contributed by atoms with E-state index < -0.39 is 18.1 Å². The summed E-state index contributed by atoms with van der Waals surface area (Å²) in [6.45, 7) is 4.97. The highest BCUT2D eigenvalue weighted by Crippen LogP contribution is 2.41. The maximum atomic E-state index is 13.1. The summed E-state index contributed by atoms with van der Waals surface area (Å²) in [5, 5.41) is 26.0. The van der Waals surface area contributed by atoms with E-state index in [2.05, 4.69) is 26.9 Å². The minimum atomic E-state index is -1.12. The second-order valence-electron chi connectivity index (χ2n) is 12.8. The van der Waals surface area contributed by atoms with Crippen molar-refractivity contribution >= 4 is 45.9 Å². The van der Waals surface area contributed by atoms with Crippen LogP contribution < -0.4 is 9.80 Å². The van der Waals surface area contributed by atoms with Gasteiger partial charge in [-0.25, -0.2) is 19.3 Å². The van der Waals surface area contributed by atoms with Crippen LogP contribution in [0.5, 0.6) is 0 Å². The van der Waals surface area contributed by atoms with Crippen molar-refractivity contribution in [2.24, 2.45) is 0 Å². The minimum Gasteiger partial charge on any atom is -0.477 e. The van der Waals surface area contributed by atoms with E-state index in [0.29, 0.717) is 56.5 Å². The lowest BCUT2D eigenvalue weighted by Gasteiger charge is -2.42. The molecule has 0 bridgehead atoms. The summed E-state index contributed by atoms with van der Waals surface area (Å²) in [5.41, 5.74) is 5.94. The summed E-state index contributed by atoms with van der Waals surface area (Å²) >= 11 is 7.00. The number of amides is 1. The highest BCUT2D eigenvalue weighted by molar-refractivity contribution is 6.35. The zero-order valence-electron chi connectivity index (χ0n) is 27.3. The summed E-state index contributed by atoms with van der Waals surface area (Å²) in [6.07, 6.45) is 4.99. The number of hydrogen-bond acceptors (Lipinski definition) is 9. The van der Waals surface area contributed by atoms with Crippen molar-refractivity contribution in [2.75, 3.05) is 42.6 Å². The number of nitriles is 1. The van der Waals surface area contributed by atoms with Crippen molar-refractivity contribution in [3.63, 3.8) is 0 Å². The van der Waals surface area contributed by atoms with Crippen molar-refractivity contribution in [3.05, 3.63) is 81.8 Å². The van der Waals surface area contributed by atoms with E-state index in [1.54, 1.807) is 11.0 Å². The van der Waals surface area contributed by atoms with Crippen LogP contribution in [-0.2, 0) is 29.0 Å². The molecule has 2 atom stereocenters. The fourth-order valence-electron chi connectivity index (χ4n) is 7.23. The summed E-state index contributed by atoms with van der Waals surface area (Å²) in [4.78, 5) is 36.0. The molecule has 2 fully saturated rings. The molecule has 3 aliphatic rings. The number of carboxylic acid groups (broad SMARTS) is 1. The van der Waals surface area contributed by atoms with Crippen LogP contribution >= 0.6 is 11.6 Å². The Morgan fingerprint density at radius 3 is 2.73 bits per heavy atom. The van der Waals surface area contributed by atoms with E-state index in [1.165, 1.54) is 0 Å². The Balaban J connectivity index is 1.16. The highest BCUT2D eigenvalue weighted by atomic mass is 35.5. The first-order chi connectivity index (χ1) is 23.8. The molecule has 49 heavy (non-hydrogen) atoms. The second kappa shape index (κ2) is 13.9. The van der Waals surface area contributed by atoms with Crippen LogP contribution in [0.4, 0.5) is 16.2 Å². The van der Waals surface area contributed by atoms with E-state index in [9.17, 15) is 20.0 Å². The van der Waals surface area contributed by atoms with Crippen molar-refractivity contribution in [2.45, 2.75) is 64.4 Å². The molecule has 3 aliphatic heterocycles. The number of piperazine rings is 1. The lowest BCUT2D eigenvalue weighted by Crippen LogP contribution is -2.55. The van der Waals surface area contributed by atoms with Gasteiger partial charge in [0.2, 0.25) is 0 Å². The molecule has 7 rings (SSSR count). The minimum absolute atomic E-state index is 0.0557. The molecule has 2 aromatic carbocycles. The summed E-state index contributed by atoms with van der Waals surface area (Å²) in [5.74, 6) is -1.12. The molecule has 1 amide bonds. The second-order valence-corrected chi connectivity index (χ2v) is 13.2. The van der Waals surface area contributed by atoms with E-state index in [1.807, 2.05) is 48.1 Å². The van der Waals surface area contributed by atoms with Gasteiger partial charge in [-0.05, 0) is 55.9 Å². The number of halogens is 1. The fraction of sp³-hybridized carbons (Fsp3) is 0.417. The lowest BCUT2D eigenvalue weighted by molar-refractivity contribution is -0.0366. The summed E-state index contributed by atoms with van der Waals surface area (Å²) in [7, 11) is 0. The molecule has 4 aromatic rings. The number of aryl methyl sites for hydroxylation is 1. The standard InChI is InChI=1S/C36H38ClN7O5/c1-23-17-31-27(19-39-44(31)32-9-5-6-16-48-32)34(33(23)37)42-13-11-26-29(21-42)40-28(35(45)46)18-30(26)41-14-15-43(25(20-41)10-12-38)36(47)49-22-24-7-3-2-4-8-24/h2-4,7-8,17-19,25,32H,5-6,9-11,13-16,20-22H2,1H3,(H,45,46)/t25-,32?/m0/s1. The van der Waals surface area contributed by atoms with E-state index in [-0.39, 0.29) is 24.9 Å². The molecule has 0 aliphatic carbocycles. The summed E-state index contributed by atoms with van der Waals surface area (Å²) in [6, 6.07) is 14.9. The van der Waals surface area contributed by atoms with E-state index in [4.69, 9.17) is 26.2 Å². The summed E-state index contributed by atoms with van der Waals surface area (Å²) < 4.78 is 13.6. The van der Waals surface area contributed by atoms with Gasteiger partial charge in [0.1, 0.15) is 6.61 Å². The quantitative estimate of drug-likeness (QED) is 0.243. The average Bonchev–Trinajstić information content (AvgIpc) is 3.54. The van der Waals surface area contributed by atoms with Gasteiger partial charge in [-0.15, -0.1) is 0 Å². The first-order valence-electron chi connectivity index (χ1n) is 16.7. The molecule has 1 N–H and O–H groups in total. The average molecular weight is 684 g/mol. The van der Waals surface area contributed by atoms with Crippen molar-refractivity contribution in [1.29, 1.82) is 5.26 Å². The molecule has 0 radical (unpaired) electrons. The Kier molecular flexibility index (Phi) is 9.29. The smallest absolute Gasteiger partial charge is 0.410 e. The van der Waals surface area contributed by atoms with Crippen LogP contribution in [0.1, 0.15) is 64.8 Å². The number of hydrogen-bond donors (Lipinski definition) is 1. The van der Waals surface area contributed by atoms with Crippen molar-refractivity contribution in [3.8, 4) is 6.07 Å². The molecule has 1 unspecified atom stereocenters. The number of rotatable bonds is 7. The Bertz CT molecular complexity index is 1920. The number of ether oxygens (including phenoxy) is 2. The number of nitrogens with zero attached hydrogens (tertiary/aromatic N) is 7. The Morgan fingerprint density at radius 1 is 1.14 bits per heavy atom.